The Morgan fingerprint density at radius 2 is 2.29 bits per heavy atom. The van der Waals surface area contributed by atoms with Crippen molar-refractivity contribution in [2.75, 3.05) is 0 Å². The minimum atomic E-state index is -0.523. The van der Waals surface area contributed by atoms with Gasteiger partial charge in [-0.15, -0.1) is 0 Å². The number of aryl methyl sites for hydroxylation is 1. The lowest BCUT2D eigenvalue weighted by Crippen LogP contribution is -1.90. The number of nitro groups is 1. The number of H-pyrrole nitrogens is 1. The first kappa shape index (κ1) is 8.96. The highest BCUT2D eigenvalue weighted by Gasteiger charge is 2.19. The van der Waals surface area contributed by atoms with Gasteiger partial charge >= 0.3 is 5.69 Å². The Bertz CT molecular complexity index is 521. The second kappa shape index (κ2) is 2.95. The normalized spacial score (nSPS) is 10.7. The zero-order valence-electron chi connectivity index (χ0n) is 7.24. The van der Waals surface area contributed by atoms with E-state index in [1.54, 1.807) is 13.0 Å². The van der Waals surface area contributed by atoms with Gasteiger partial charge in [0.1, 0.15) is 10.8 Å². The van der Waals surface area contributed by atoms with Gasteiger partial charge in [-0.25, -0.2) is 4.98 Å². The number of halogens is 1. The van der Waals surface area contributed by atoms with Gasteiger partial charge in [0.05, 0.1) is 10.4 Å². The molecule has 0 aliphatic heterocycles. The maximum absolute atomic E-state index is 10.7. The standard InChI is InChI=1S/C8H6ClN3O2/c1-4-10-6-3-2-5(9)8(12(13)14)7(6)11-4/h2-3H,1H3,(H,10,11). The van der Waals surface area contributed by atoms with Crippen LogP contribution in [0.1, 0.15) is 5.82 Å². The number of nitro benzene ring substituents is 1. The van der Waals surface area contributed by atoms with Crippen molar-refractivity contribution in [2.45, 2.75) is 6.92 Å². The fourth-order valence-corrected chi connectivity index (χ4v) is 1.55. The number of nitrogens with zero attached hydrogens (tertiary/aromatic N) is 2. The molecule has 1 heterocycles. The topological polar surface area (TPSA) is 71.8 Å². The lowest BCUT2D eigenvalue weighted by molar-refractivity contribution is -0.383. The fraction of sp³-hybridized carbons (Fsp3) is 0.125. The zero-order chi connectivity index (χ0) is 10.3. The molecule has 1 aromatic carbocycles. The molecule has 6 heteroatoms. The predicted octanol–water partition coefficient (Wildman–Crippen LogP) is 2.43. The molecule has 14 heavy (non-hydrogen) atoms. The Balaban J connectivity index is 2.88. The molecular formula is C8H6ClN3O2. The fourth-order valence-electron chi connectivity index (χ4n) is 1.33. The van der Waals surface area contributed by atoms with E-state index in [4.69, 9.17) is 11.6 Å². The van der Waals surface area contributed by atoms with E-state index in [9.17, 15) is 10.1 Å². The quantitative estimate of drug-likeness (QED) is 0.582. The monoisotopic (exact) mass is 211 g/mol. The number of rotatable bonds is 1. The van der Waals surface area contributed by atoms with Crippen LogP contribution >= 0.6 is 11.6 Å². The third kappa shape index (κ3) is 1.22. The number of aromatic nitrogens is 2. The van der Waals surface area contributed by atoms with E-state index < -0.39 is 4.92 Å². The molecule has 0 aliphatic rings. The molecule has 0 unspecified atom stereocenters. The summed E-state index contributed by atoms with van der Waals surface area (Å²) in [7, 11) is 0. The average Bonchev–Trinajstić information content (AvgIpc) is 2.43. The molecule has 1 N–H and O–H groups in total. The zero-order valence-corrected chi connectivity index (χ0v) is 8.00. The summed E-state index contributed by atoms with van der Waals surface area (Å²) >= 11 is 5.71. The number of fused-ring (bicyclic) bond motifs is 1. The van der Waals surface area contributed by atoms with Gasteiger partial charge in [0.15, 0.2) is 5.52 Å². The largest absolute Gasteiger partial charge is 0.342 e. The van der Waals surface area contributed by atoms with Crippen LogP contribution in [0.5, 0.6) is 0 Å². The molecule has 0 radical (unpaired) electrons. The number of nitrogens with one attached hydrogen (secondary N) is 1. The van der Waals surface area contributed by atoms with E-state index in [0.29, 0.717) is 16.9 Å². The minimum absolute atomic E-state index is 0.106. The Labute approximate surface area is 83.9 Å². The van der Waals surface area contributed by atoms with Crippen LogP contribution in [0.15, 0.2) is 12.1 Å². The van der Waals surface area contributed by atoms with Crippen molar-refractivity contribution in [3.05, 3.63) is 33.1 Å². The molecular weight excluding hydrogens is 206 g/mol. The van der Waals surface area contributed by atoms with E-state index in [2.05, 4.69) is 9.97 Å². The summed E-state index contributed by atoms with van der Waals surface area (Å²) in [6.07, 6.45) is 0. The highest BCUT2D eigenvalue weighted by Crippen LogP contribution is 2.31. The lowest BCUT2D eigenvalue weighted by Gasteiger charge is -1.94. The third-order valence-corrected chi connectivity index (χ3v) is 2.18. The van der Waals surface area contributed by atoms with Crippen LogP contribution in [0.25, 0.3) is 11.0 Å². The van der Waals surface area contributed by atoms with Crippen molar-refractivity contribution in [3.63, 3.8) is 0 Å². The molecule has 0 saturated carbocycles. The Hall–Kier alpha value is -1.62. The SMILES string of the molecule is Cc1nc2c([N+](=O)[O-])c(Cl)ccc2[nH]1. The van der Waals surface area contributed by atoms with E-state index in [0.717, 1.165) is 0 Å². The first-order chi connectivity index (χ1) is 6.59. The second-order valence-electron chi connectivity index (χ2n) is 2.87. The number of aromatic amines is 1. The summed E-state index contributed by atoms with van der Waals surface area (Å²) in [4.78, 5) is 17.1. The molecule has 0 fully saturated rings. The maximum Gasteiger partial charge on any atom is 0.315 e. The summed E-state index contributed by atoms with van der Waals surface area (Å²) in [5.74, 6) is 0.630. The van der Waals surface area contributed by atoms with E-state index in [1.807, 2.05) is 0 Å². The van der Waals surface area contributed by atoms with Crippen molar-refractivity contribution in [2.24, 2.45) is 0 Å². The summed E-state index contributed by atoms with van der Waals surface area (Å²) in [6.45, 7) is 1.73. The Kier molecular flexibility index (Phi) is 1.89. The van der Waals surface area contributed by atoms with Gasteiger partial charge in [-0.1, -0.05) is 11.6 Å². The molecule has 0 saturated heterocycles. The van der Waals surface area contributed by atoms with Crippen LogP contribution in [0.3, 0.4) is 0 Å². The van der Waals surface area contributed by atoms with Crippen molar-refractivity contribution >= 4 is 28.3 Å². The van der Waals surface area contributed by atoms with Crippen LogP contribution in [0.4, 0.5) is 5.69 Å². The number of hydrogen-bond acceptors (Lipinski definition) is 3. The first-order valence-corrected chi connectivity index (χ1v) is 4.26. The van der Waals surface area contributed by atoms with Gasteiger partial charge in [0.2, 0.25) is 0 Å². The second-order valence-corrected chi connectivity index (χ2v) is 3.28. The van der Waals surface area contributed by atoms with Crippen LogP contribution < -0.4 is 0 Å². The third-order valence-electron chi connectivity index (χ3n) is 1.88. The maximum atomic E-state index is 10.7. The van der Waals surface area contributed by atoms with Crippen molar-refractivity contribution in [3.8, 4) is 0 Å². The summed E-state index contributed by atoms with van der Waals surface area (Å²) in [5.41, 5.74) is 0.784. The summed E-state index contributed by atoms with van der Waals surface area (Å²) < 4.78 is 0. The number of imidazole rings is 1. The van der Waals surface area contributed by atoms with E-state index in [1.165, 1.54) is 6.07 Å². The first-order valence-electron chi connectivity index (χ1n) is 3.89. The van der Waals surface area contributed by atoms with Crippen LogP contribution in [0, 0.1) is 17.0 Å². The average molecular weight is 212 g/mol. The highest BCUT2D eigenvalue weighted by molar-refractivity contribution is 6.33. The molecule has 0 amide bonds. The van der Waals surface area contributed by atoms with Gasteiger partial charge in [-0.05, 0) is 19.1 Å². The lowest BCUT2D eigenvalue weighted by atomic mass is 10.3. The van der Waals surface area contributed by atoms with Crippen molar-refractivity contribution < 1.29 is 4.92 Å². The van der Waals surface area contributed by atoms with Crippen LogP contribution in [-0.4, -0.2) is 14.9 Å². The molecule has 0 spiro atoms. The molecule has 0 bridgehead atoms. The number of benzene rings is 1. The molecule has 5 nitrogen and oxygen atoms in total. The van der Waals surface area contributed by atoms with Gasteiger partial charge in [0, 0.05) is 0 Å². The molecule has 72 valence electrons. The predicted molar refractivity (Wildman–Crippen MR) is 52.5 cm³/mol. The van der Waals surface area contributed by atoms with Gasteiger partial charge in [0.25, 0.3) is 0 Å². The molecule has 2 aromatic rings. The molecule has 1 aromatic heterocycles. The molecule has 2 rings (SSSR count). The van der Waals surface area contributed by atoms with Crippen LogP contribution in [-0.2, 0) is 0 Å². The Morgan fingerprint density at radius 3 is 2.93 bits per heavy atom. The summed E-state index contributed by atoms with van der Waals surface area (Å²) in [6, 6.07) is 3.16. The van der Waals surface area contributed by atoms with Gasteiger partial charge < -0.3 is 4.98 Å². The van der Waals surface area contributed by atoms with Crippen molar-refractivity contribution in [1.82, 2.24) is 9.97 Å². The van der Waals surface area contributed by atoms with E-state index >= 15 is 0 Å². The number of hydrogen-bond donors (Lipinski definition) is 1. The molecule has 0 atom stereocenters. The summed E-state index contributed by atoms with van der Waals surface area (Å²) in [5, 5.41) is 10.8. The molecule has 0 aliphatic carbocycles. The smallest absolute Gasteiger partial charge is 0.315 e. The van der Waals surface area contributed by atoms with Crippen molar-refractivity contribution in [1.29, 1.82) is 0 Å². The van der Waals surface area contributed by atoms with Gasteiger partial charge in [-0.3, -0.25) is 10.1 Å². The highest BCUT2D eigenvalue weighted by atomic mass is 35.5. The van der Waals surface area contributed by atoms with Crippen LogP contribution in [0.2, 0.25) is 5.02 Å². The Morgan fingerprint density at radius 1 is 1.57 bits per heavy atom. The van der Waals surface area contributed by atoms with E-state index in [-0.39, 0.29) is 10.7 Å². The van der Waals surface area contributed by atoms with Gasteiger partial charge in [-0.2, -0.15) is 0 Å². The minimum Gasteiger partial charge on any atom is -0.342 e.